The summed E-state index contributed by atoms with van der Waals surface area (Å²) in [4.78, 5) is 16.2. The molecule has 1 aromatic heterocycles. The molecule has 0 saturated carbocycles. The summed E-state index contributed by atoms with van der Waals surface area (Å²) in [5, 5.41) is 10.7. The van der Waals surface area contributed by atoms with Crippen LogP contribution in [0.5, 0.6) is 0 Å². The maximum atomic E-state index is 11.5. The third-order valence-electron chi connectivity index (χ3n) is 4.85. The van der Waals surface area contributed by atoms with Gasteiger partial charge in [0.2, 0.25) is 0 Å². The minimum Gasteiger partial charge on any atom is -0.512 e. The molecule has 3 rings (SSSR count). The van der Waals surface area contributed by atoms with Crippen molar-refractivity contribution < 1.29 is 30.0 Å². The minimum absolute atomic E-state index is 0. The van der Waals surface area contributed by atoms with Crippen LogP contribution in [0.25, 0.3) is 22.2 Å². The molecule has 1 heterocycles. The minimum atomic E-state index is -0.417. The summed E-state index contributed by atoms with van der Waals surface area (Å²) in [6.07, 6.45) is 1.33. The molecular formula is C28H34IrNO2-. The van der Waals surface area contributed by atoms with Crippen molar-refractivity contribution in [3.05, 3.63) is 77.6 Å². The van der Waals surface area contributed by atoms with Gasteiger partial charge in [-0.3, -0.25) is 9.78 Å². The maximum Gasteiger partial charge on any atom is 0.164 e. The van der Waals surface area contributed by atoms with Crippen molar-refractivity contribution in [3.63, 3.8) is 0 Å². The summed E-state index contributed by atoms with van der Waals surface area (Å²) in [7, 11) is 0. The van der Waals surface area contributed by atoms with Crippen LogP contribution in [-0.2, 0) is 24.9 Å². The second-order valence-electron chi connectivity index (χ2n) is 10.1. The number of allylic oxidation sites excluding steroid dienone is 2. The van der Waals surface area contributed by atoms with Gasteiger partial charge in [0, 0.05) is 37.0 Å². The van der Waals surface area contributed by atoms with E-state index in [4.69, 9.17) is 4.98 Å². The van der Waals surface area contributed by atoms with Crippen molar-refractivity contribution in [2.45, 2.75) is 55.4 Å². The third-order valence-corrected chi connectivity index (χ3v) is 4.85. The summed E-state index contributed by atoms with van der Waals surface area (Å²) < 4.78 is 0. The van der Waals surface area contributed by atoms with E-state index < -0.39 is 5.41 Å². The van der Waals surface area contributed by atoms with E-state index in [1.807, 2.05) is 53.7 Å². The molecule has 0 aliphatic rings. The van der Waals surface area contributed by atoms with E-state index in [0.717, 1.165) is 16.8 Å². The largest absolute Gasteiger partial charge is 0.512 e. The normalized spacial score (nSPS) is 11.9. The molecular weight excluding hydrogens is 575 g/mol. The molecule has 0 amide bonds. The fraction of sp³-hybridized carbons (Fsp3) is 0.357. The van der Waals surface area contributed by atoms with Crippen molar-refractivity contribution in [1.82, 2.24) is 4.98 Å². The molecule has 2 aromatic carbocycles. The van der Waals surface area contributed by atoms with Crippen LogP contribution in [0.15, 0.2) is 60.4 Å². The molecule has 0 atom stereocenters. The molecule has 3 nitrogen and oxygen atoms in total. The first-order valence-electron chi connectivity index (χ1n) is 10.6. The molecule has 1 radical (unpaired) electrons. The average Bonchev–Trinajstić information content (AvgIpc) is 2.66. The number of carbonyl (C=O) groups is 1. The Bertz CT molecular complexity index is 1100. The summed E-state index contributed by atoms with van der Waals surface area (Å²) in [5.41, 5.74) is 4.80. The molecule has 0 fully saturated rings. The van der Waals surface area contributed by atoms with E-state index in [2.05, 4.69) is 56.3 Å². The topological polar surface area (TPSA) is 50.2 Å². The Labute approximate surface area is 206 Å². The number of hydrogen-bond donors (Lipinski definition) is 1. The Morgan fingerprint density at radius 1 is 0.906 bits per heavy atom. The van der Waals surface area contributed by atoms with Gasteiger partial charge in [0.15, 0.2) is 5.78 Å². The molecule has 0 saturated heterocycles. The van der Waals surface area contributed by atoms with Crippen molar-refractivity contribution in [2.24, 2.45) is 10.8 Å². The van der Waals surface area contributed by atoms with Crippen LogP contribution in [0.2, 0.25) is 0 Å². The van der Waals surface area contributed by atoms with Gasteiger partial charge in [-0.1, -0.05) is 72.2 Å². The van der Waals surface area contributed by atoms with Gasteiger partial charge in [0.1, 0.15) is 5.76 Å². The van der Waals surface area contributed by atoms with Gasteiger partial charge in [0.05, 0.1) is 5.52 Å². The molecule has 0 unspecified atom stereocenters. The molecule has 3 aromatic rings. The number of aryl methyl sites for hydroxylation is 2. The molecule has 1 N–H and O–H groups in total. The van der Waals surface area contributed by atoms with Crippen molar-refractivity contribution in [1.29, 1.82) is 0 Å². The Kier molecular flexibility index (Phi) is 9.56. The Balaban J connectivity index is 0.000000330. The van der Waals surface area contributed by atoms with Crippen LogP contribution >= 0.6 is 0 Å². The Morgan fingerprint density at radius 3 is 2.09 bits per heavy atom. The Hall–Kier alpha value is -2.29. The quantitative estimate of drug-likeness (QED) is 0.187. The first-order chi connectivity index (χ1) is 14.3. The molecule has 0 aliphatic carbocycles. The molecule has 4 heteroatoms. The van der Waals surface area contributed by atoms with Crippen LogP contribution in [0, 0.1) is 30.7 Å². The number of ketones is 1. The summed E-state index contributed by atoms with van der Waals surface area (Å²) in [6.45, 7) is 15.3. The number of aromatic nitrogens is 1. The second kappa shape index (κ2) is 11.0. The number of hydrogen-bond acceptors (Lipinski definition) is 3. The number of carbonyl (C=O) groups excluding carboxylic acids is 1. The van der Waals surface area contributed by atoms with E-state index in [1.54, 1.807) is 0 Å². The van der Waals surface area contributed by atoms with Crippen molar-refractivity contribution >= 4 is 16.7 Å². The van der Waals surface area contributed by atoms with Crippen LogP contribution in [-0.4, -0.2) is 15.9 Å². The van der Waals surface area contributed by atoms with Gasteiger partial charge in [-0.15, -0.1) is 35.4 Å². The number of aliphatic hydroxyl groups excluding tert-OH is 1. The zero-order valence-electron chi connectivity index (χ0n) is 20.3. The number of fused-ring (bicyclic) bond motifs is 1. The molecule has 0 spiro atoms. The van der Waals surface area contributed by atoms with Gasteiger partial charge in [-0.2, -0.15) is 0 Å². The Morgan fingerprint density at radius 2 is 1.53 bits per heavy atom. The fourth-order valence-corrected chi connectivity index (χ4v) is 2.68. The van der Waals surface area contributed by atoms with Crippen molar-refractivity contribution in [2.75, 3.05) is 0 Å². The molecule has 173 valence electrons. The van der Waals surface area contributed by atoms with Crippen LogP contribution in [0.1, 0.15) is 52.7 Å². The zero-order chi connectivity index (χ0) is 23.4. The molecule has 0 aliphatic heterocycles. The van der Waals surface area contributed by atoms with Gasteiger partial charge in [-0.05, 0) is 30.1 Å². The van der Waals surface area contributed by atoms with Gasteiger partial charge in [-0.25, -0.2) is 0 Å². The monoisotopic (exact) mass is 609 g/mol. The fourth-order valence-electron chi connectivity index (χ4n) is 2.68. The van der Waals surface area contributed by atoms with Crippen LogP contribution in [0.4, 0.5) is 0 Å². The van der Waals surface area contributed by atoms with E-state index in [1.165, 1.54) is 22.6 Å². The smallest absolute Gasteiger partial charge is 0.164 e. The van der Waals surface area contributed by atoms with Crippen molar-refractivity contribution in [3.8, 4) is 11.3 Å². The van der Waals surface area contributed by atoms with E-state index >= 15 is 0 Å². The molecule has 32 heavy (non-hydrogen) atoms. The van der Waals surface area contributed by atoms with E-state index in [9.17, 15) is 9.90 Å². The number of aliphatic hydroxyl groups is 1. The SMILES string of the molecule is CC(C)(C)C(=O)/C=C(\O)C(C)(C)C.Cc1cc[c-]c(-c2ccc3cc(C)ccc3n2)c1.[Ir]. The number of nitrogens with zero attached hydrogens (tertiary/aromatic N) is 1. The average molecular weight is 609 g/mol. The maximum absolute atomic E-state index is 11.5. The first kappa shape index (κ1) is 27.7. The van der Waals surface area contributed by atoms with Gasteiger partial charge in [0.25, 0.3) is 0 Å². The van der Waals surface area contributed by atoms with Gasteiger partial charge >= 0.3 is 0 Å². The van der Waals surface area contributed by atoms with E-state index in [0.29, 0.717) is 0 Å². The van der Waals surface area contributed by atoms with Crippen LogP contribution < -0.4 is 0 Å². The summed E-state index contributed by atoms with van der Waals surface area (Å²) in [5.74, 6) is 0.104. The number of pyridine rings is 1. The summed E-state index contributed by atoms with van der Waals surface area (Å²) >= 11 is 0. The predicted molar refractivity (Wildman–Crippen MR) is 130 cm³/mol. The molecule has 0 bridgehead atoms. The number of benzene rings is 2. The standard InChI is InChI=1S/C17H14N.C11H20O2.Ir/c1-12-4-3-5-14(10-12)17-9-7-15-11-13(2)6-8-16(15)18-17;1-10(2,3)8(12)7-9(13)11(4,5)6;/h3-4,6-11H,1-2H3;7,12H,1-6H3;/q-1;;/b;8-7-;. The van der Waals surface area contributed by atoms with Gasteiger partial charge < -0.3 is 5.11 Å². The van der Waals surface area contributed by atoms with Crippen LogP contribution in [0.3, 0.4) is 0 Å². The van der Waals surface area contributed by atoms with E-state index in [-0.39, 0.29) is 37.1 Å². The predicted octanol–water partition coefficient (Wildman–Crippen LogP) is 7.41. The third kappa shape index (κ3) is 8.00. The number of rotatable bonds is 2. The zero-order valence-corrected chi connectivity index (χ0v) is 22.7. The second-order valence-corrected chi connectivity index (χ2v) is 10.1. The summed E-state index contributed by atoms with van der Waals surface area (Å²) in [6, 6.07) is 19.9. The first-order valence-corrected chi connectivity index (χ1v) is 10.6.